The number of alkyl halides is 2. The molecule has 0 aliphatic carbocycles. The zero-order chi connectivity index (χ0) is 13.0. The highest BCUT2D eigenvalue weighted by Gasteiger charge is 2.10. The first-order chi connectivity index (χ1) is 8.65. The van der Waals surface area contributed by atoms with Crippen molar-refractivity contribution in [2.75, 3.05) is 5.32 Å². The van der Waals surface area contributed by atoms with Crippen molar-refractivity contribution in [2.24, 2.45) is 0 Å². The van der Waals surface area contributed by atoms with Crippen molar-refractivity contribution in [3.8, 4) is 5.75 Å². The SMILES string of the molecule is Fc1cc(NCc2ncc[nH]2)ccc1OC(F)F. The van der Waals surface area contributed by atoms with Crippen LogP contribution in [0.1, 0.15) is 5.82 Å². The van der Waals surface area contributed by atoms with E-state index < -0.39 is 18.2 Å². The van der Waals surface area contributed by atoms with Gasteiger partial charge in [-0.1, -0.05) is 0 Å². The van der Waals surface area contributed by atoms with Gasteiger partial charge in [0.25, 0.3) is 0 Å². The van der Waals surface area contributed by atoms with E-state index >= 15 is 0 Å². The van der Waals surface area contributed by atoms with Gasteiger partial charge in [0.2, 0.25) is 0 Å². The first-order valence-corrected chi connectivity index (χ1v) is 5.11. The number of aromatic nitrogens is 2. The van der Waals surface area contributed by atoms with Crippen LogP contribution in [0.2, 0.25) is 0 Å². The lowest BCUT2D eigenvalue weighted by Gasteiger charge is -2.08. The molecule has 2 aromatic rings. The molecule has 0 atom stereocenters. The highest BCUT2D eigenvalue weighted by Crippen LogP contribution is 2.22. The maximum Gasteiger partial charge on any atom is 0.387 e. The zero-order valence-electron chi connectivity index (χ0n) is 9.16. The average molecular weight is 257 g/mol. The smallest absolute Gasteiger partial charge is 0.387 e. The second-order valence-corrected chi connectivity index (χ2v) is 3.41. The Hall–Kier alpha value is -2.18. The lowest BCUT2D eigenvalue weighted by Crippen LogP contribution is -2.05. The number of imidazole rings is 1. The van der Waals surface area contributed by atoms with E-state index in [0.717, 1.165) is 12.1 Å². The highest BCUT2D eigenvalue weighted by atomic mass is 19.3. The number of H-pyrrole nitrogens is 1. The van der Waals surface area contributed by atoms with Crippen molar-refractivity contribution in [3.05, 3.63) is 42.2 Å². The van der Waals surface area contributed by atoms with Gasteiger partial charge in [0.05, 0.1) is 6.54 Å². The van der Waals surface area contributed by atoms with Crippen molar-refractivity contribution < 1.29 is 17.9 Å². The van der Waals surface area contributed by atoms with Crippen LogP contribution in [0, 0.1) is 5.82 Å². The Kier molecular flexibility index (Phi) is 3.71. The van der Waals surface area contributed by atoms with Crippen molar-refractivity contribution >= 4 is 5.69 Å². The van der Waals surface area contributed by atoms with Crippen molar-refractivity contribution in [3.63, 3.8) is 0 Å². The van der Waals surface area contributed by atoms with Crippen molar-refractivity contribution in [1.82, 2.24) is 9.97 Å². The summed E-state index contributed by atoms with van der Waals surface area (Å²) in [6.45, 7) is -2.66. The predicted molar refractivity (Wildman–Crippen MR) is 58.9 cm³/mol. The molecule has 0 saturated carbocycles. The number of halogens is 3. The predicted octanol–water partition coefficient (Wildman–Crippen LogP) is 2.76. The van der Waals surface area contributed by atoms with Gasteiger partial charge in [0, 0.05) is 24.1 Å². The molecule has 0 aliphatic heterocycles. The summed E-state index contributed by atoms with van der Waals surface area (Å²) in [5.41, 5.74) is 0.450. The molecule has 18 heavy (non-hydrogen) atoms. The summed E-state index contributed by atoms with van der Waals surface area (Å²) in [7, 11) is 0. The van der Waals surface area contributed by atoms with Gasteiger partial charge < -0.3 is 15.0 Å². The highest BCUT2D eigenvalue weighted by molar-refractivity contribution is 5.47. The van der Waals surface area contributed by atoms with E-state index in [-0.39, 0.29) is 0 Å². The van der Waals surface area contributed by atoms with Crippen molar-refractivity contribution in [1.29, 1.82) is 0 Å². The molecule has 96 valence electrons. The van der Waals surface area contributed by atoms with E-state index in [1.165, 1.54) is 6.07 Å². The number of ether oxygens (including phenoxy) is 1. The van der Waals surface area contributed by atoms with Crippen LogP contribution in [-0.2, 0) is 6.54 Å². The van der Waals surface area contributed by atoms with E-state index in [0.29, 0.717) is 18.1 Å². The van der Waals surface area contributed by atoms with Crippen LogP contribution < -0.4 is 10.1 Å². The molecular formula is C11H10F3N3O. The molecule has 2 N–H and O–H groups in total. The molecule has 2 rings (SSSR count). The summed E-state index contributed by atoms with van der Waals surface area (Å²) in [6, 6.07) is 3.68. The van der Waals surface area contributed by atoms with Crippen molar-refractivity contribution in [2.45, 2.75) is 13.2 Å². The lowest BCUT2D eigenvalue weighted by atomic mass is 10.3. The second-order valence-electron chi connectivity index (χ2n) is 3.41. The van der Waals surface area contributed by atoms with E-state index in [2.05, 4.69) is 20.0 Å². The lowest BCUT2D eigenvalue weighted by molar-refractivity contribution is -0.0521. The summed E-state index contributed by atoms with van der Waals surface area (Å²) in [6.07, 6.45) is 3.26. The minimum Gasteiger partial charge on any atom is -0.432 e. The first kappa shape index (κ1) is 12.3. The fourth-order valence-electron chi connectivity index (χ4n) is 1.38. The molecule has 0 saturated heterocycles. The molecule has 1 heterocycles. The number of anilines is 1. The third-order valence-corrected chi connectivity index (χ3v) is 2.16. The minimum absolute atomic E-state index is 0.376. The quantitative estimate of drug-likeness (QED) is 0.865. The summed E-state index contributed by atoms with van der Waals surface area (Å²) in [5, 5.41) is 2.89. The molecular weight excluding hydrogens is 247 g/mol. The largest absolute Gasteiger partial charge is 0.432 e. The fourth-order valence-corrected chi connectivity index (χ4v) is 1.38. The van der Waals surface area contributed by atoms with E-state index in [1.54, 1.807) is 12.4 Å². The topological polar surface area (TPSA) is 49.9 Å². The summed E-state index contributed by atoms with van der Waals surface area (Å²) in [4.78, 5) is 6.84. The number of nitrogens with one attached hydrogen (secondary N) is 2. The van der Waals surface area contributed by atoms with Gasteiger partial charge >= 0.3 is 6.61 Å². The molecule has 1 aromatic heterocycles. The van der Waals surface area contributed by atoms with Gasteiger partial charge in [0.1, 0.15) is 5.82 Å². The molecule has 4 nitrogen and oxygen atoms in total. The summed E-state index contributed by atoms with van der Waals surface area (Å²) < 4.78 is 41.2. The first-order valence-electron chi connectivity index (χ1n) is 5.11. The Bertz CT molecular complexity index is 502. The van der Waals surface area contributed by atoms with E-state index in [4.69, 9.17) is 0 Å². The van der Waals surface area contributed by atoms with Gasteiger partial charge in [-0.3, -0.25) is 0 Å². The van der Waals surface area contributed by atoms with Crippen LogP contribution in [-0.4, -0.2) is 16.6 Å². The van der Waals surface area contributed by atoms with Gasteiger partial charge in [-0.05, 0) is 12.1 Å². The molecule has 0 bridgehead atoms. The van der Waals surface area contributed by atoms with Crippen LogP contribution in [0.15, 0.2) is 30.6 Å². The average Bonchev–Trinajstić information content (AvgIpc) is 2.82. The van der Waals surface area contributed by atoms with Crippen LogP contribution in [0.3, 0.4) is 0 Å². The molecule has 1 aromatic carbocycles. The molecule has 7 heteroatoms. The standard InChI is InChI=1S/C11H10F3N3O/c12-8-5-7(1-2-9(8)18-11(13)14)17-6-10-15-3-4-16-10/h1-5,11,17H,6H2,(H,15,16). The number of rotatable bonds is 5. The molecule has 0 spiro atoms. The normalized spacial score (nSPS) is 10.7. The van der Waals surface area contributed by atoms with Gasteiger partial charge in [-0.15, -0.1) is 0 Å². The molecule has 0 amide bonds. The Morgan fingerprint density at radius 2 is 2.22 bits per heavy atom. The Morgan fingerprint density at radius 3 is 2.83 bits per heavy atom. The number of nitrogens with zero attached hydrogens (tertiary/aromatic N) is 1. The minimum atomic E-state index is -3.04. The number of benzene rings is 1. The van der Waals surface area contributed by atoms with Gasteiger partial charge in [0.15, 0.2) is 11.6 Å². The van der Waals surface area contributed by atoms with Crippen LogP contribution >= 0.6 is 0 Å². The molecule has 0 radical (unpaired) electrons. The van der Waals surface area contributed by atoms with Gasteiger partial charge in [-0.2, -0.15) is 8.78 Å². The van der Waals surface area contributed by atoms with Crippen LogP contribution in [0.5, 0.6) is 5.75 Å². The Balaban J connectivity index is 2.00. The van der Waals surface area contributed by atoms with Gasteiger partial charge in [-0.25, -0.2) is 9.37 Å². The van der Waals surface area contributed by atoms with Crippen LogP contribution in [0.25, 0.3) is 0 Å². The molecule has 0 fully saturated rings. The Labute approximate surface area is 101 Å². The third kappa shape index (κ3) is 3.16. The Morgan fingerprint density at radius 1 is 1.39 bits per heavy atom. The summed E-state index contributed by atoms with van der Waals surface area (Å²) in [5.74, 6) is -0.642. The fraction of sp³-hybridized carbons (Fsp3) is 0.182. The zero-order valence-corrected chi connectivity index (χ0v) is 9.16. The van der Waals surface area contributed by atoms with E-state index in [9.17, 15) is 13.2 Å². The molecule has 0 unspecified atom stereocenters. The number of hydrogen-bond donors (Lipinski definition) is 2. The summed E-state index contributed by atoms with van der Waals surface area (Å²) >= 11 is 0. The monoisotopic (exact) mass is 257 g/mol. The maximum atomic E-state index is 13.4. The number of aromatic amines is 1. The number of hydrogen-bond acceptors (Lipinski definition) is 3. The van der Waals surface area contributed by atoms with E-state index in [1.807, 2.05) is 0 Å². The van der Waals surface area contributed by atoms with Crippen LogP contribution in [0.4, 0.5) is 18.9 Å². The second kappa shape index (κ2) is 5.44. The molecule has 0 aliphatic rings. The maximum absolute atomic E-state index is 13.4. The third-order valence-electron chi connectivity index (χ3n) is 2.16.